The van der Waals surface area contributed by atoms with Gasteiger partial charge in [0.05, 0.1) is 11.7 Å². The smallest absolute Gasteiger partial charge is 0.545 e. The molecule has 70 valence electrons. The van der Waals surface area contributed by atoms with Crippen molar-refractivity contribution in [3.8, 4) is 0 Å². The molecule has 0 N–H and O–H groups in total. The summed E-state index contributed by atoms with van der Waals surface area (Å²) in [6, 6.07) is 5.56. The number of hydrogen-bond acceptors (Lipinski definition) is 4. The summed E-state index contributed by atoms with van der Waals surface area (Å²) in [6.45, 7) is 0. The number of carbonyl (C=O) groups is 1. The van der Waals surface area contributed by atoms with Gasteiger partial charge in [0.25, 0.3) is 0 Å². The fourth-order valence-corrected chi connectivity index (χ4v) is 1.40. The minimum Gasteiger partial charge on any atom is -0.545 e. The molecule has 0 radical (unpaired) electrons. The Bertz CT molecular complexity index is 375. The fourth-order valence-electron chi connectivity index (χ4n) is 0.895. The maximum atomic E-state index is 10.3. The van der Waals surface area contributed by atoms with Crippen LogP contribution in [0.5, 0.6) is 0 Å². The molecule has 1 rings (SSSR count). The Morgan fingerprint density at radius 1 is 1.21 bits per heavy atom. The normalized spacial score (nSPS) is 9.50. The Morgan fingerprint density at radius 2 is 1.71 bits per heavy atom. The summed E-state index contributed by atoms with van der Waals surface area (Å²) in [5.74, 6) is -1.33. The molecule has 0 bridgehead atoms. The summed E-state index contributed by atoms with van der Waals surface area (Å²) in [5, 5.41) is 10.3. The molecule has 1 aromatic carbocycles. The number of thiol groups is 1. The molecule has 0 fully saturated rings. The molecule has 4 nitrogen and oxygen atoms in total. The number of hydrogen-bond donors (Lipinski definition) is 1. The van der Waals surface area contributed by atoms with Crippen LogP contribution in [0.15, 0.2) is 24.3 Å². The zero-order valence-corrected chi connectivity index (χ0v) is 10.5. The standard InChI is InChI=1S/C8H8O4S.Na/c9-8(10)7-3-1-6(2-4-7)5-13(11)12;/h1-4,13H,5H2,(H,9,10);/q;+1/p-1. The number of aromatic carboxylic acids is 1. The van der Waals surface area contributed by atoms with Crippen LogP contribution in [-0.4, -0.2) is 14.4 Å². The third kappa shape index (κ3) is 4.23. The first-order valence-electron chi connectivity index (χ1n) is 3.51. The molecule has 0 amide bonds. The molecule has 0 unspecified atom stereocenters. The van der Waals surface area contributed by atoms with E-state index in [-0.39, 0.29) is 40.9 Å². The van der Waals surface area contributed by atoms with Crippen LogP contribution in [0.4, 0.5) is 0 Å². The maximum absolute atomic E-state index is 10.3. The third-order valence-corrected chi connectivity index (χ3v) is 2.12. The minimum absolute atomic E-state index is 0. The van der Waals surface area contributed by atoms with E-state index in [0.717, 1.165) is 0 Å². The molecule has 0 aliphatic rings. The van der Waals surface area contributed by atoms with E-state index in [1.165, 1.54) is 24.3 Å². The summed E-state index contributed by atoms with van der Waals surface area (Å²) >= 11 is 0. The van der Waals surface area contributed by atoms with Crippen molar-refractivity contribution in [2.75, 3.05) is 0 Å². The predicted octanol–water partition coefficient (Wildman–Crippen LogP) is -3.83. The molecule has 0 atom stereocenters. The van der Waals surface area contributed by atoms with Gasteiger partial charge in [0, 0.05) is 0 Å². The molecular formula is C8H7NaO4S. The van der Waals surface area contributed by atoms with E-state index < -0.39 is 16.7 Å². The van der Waals surface area contributed by atoms with Crippen molar-refractivity contribution in [3.63, 3.8) is 0 Å². The maximum Gasteiger partial charge on any atom is 1.00 e. The van der Waals surface area contributed by atoms with Crippen LogP contribution in [0.25, 0.3) is 0 Å². The van der Waals surface area contributed by atoms with Gasteiger partial charge in [-0.1, -0.05) is 24.3 Å². The summed E-state index contributed by atoms with van der Waals surface area (Å²) in [6.07, 6.45) is 0. The average Bonchev–Trinajstić information content (AvgIpc) is 2.04. The summed E-state index contributed by atoms with van der Waals surface area (Å²) < 4.78 is 20.6. The van der Waals surface area contributed by atoms with Gasteiger partial charge in [-0.05, 0) is 11.1 Å². The van der Waals surface area contributed by atoms with Crippen LogP contribution in [0.3, 0.4) is 0 Å². The molecule has 0 saturated carbocycles. The zero-order valence-electron chi connectivity index (χ0n) is 7.60. The van der Waals surface area contributed by atoms with E-state index in [1.807, 2.05) is 0 Å². The minimum atomic E-state index is -2.46. The van der Waals surface area contributed by atoms with Crippen molar-refractivity contribution in [1.29, 1.82) is 0 Å². The Labute approximate surface area is 105 Å². The van der Waals surface area contributed by atoms with E-state index in [2.05, 4.69) is 0 Å². The average molecular weight is 222 g/mol. The Morgan fingerprint density at radius 3 is 2.07 bits per heavy atom. The number of benzene rings is 1. The van der Waals surface area contributed by atoms with Crippen LogP contribution in [-0.2, 0) is 16.5 Å². The van der Waals surface area contributed by atoms with Crippen molar-refractivity contribution in [3.05, 3.63) is 35.4 Å². The van der Waals surface area contributed by atoms with Crippen LogP contribution < -0.4 is 34.7 Å². The second kappa shape index (κ2) is 6.19. The second-order valence-corrected chi connectivity index (χ2v) is 3.46. The largest absolute Gasteiger partial charge is 1.00 e. The van der Waals surface area contributed by atoms with Crippen LogP contribution in [0, 0.1) is 0 Å². The first-order chi connectivity index (χ1) is 6.09. The van der Waals surface area contributed by atoms with Gasteiger partial charge in [0.2, 0.25) is 0 Å². The monoisotopic (exact) mass is 222 g/mol. The van der Waals surface area contributed by atoms with Crippen molar-refractivity contribution in [2.45, 2.75) is 5.75 Å². The van der Waals surface area contributed by atoms with E-state index in [1.54, 1.807) is 0 Å². The van der Waals surface area contributed by atoms with Gasteiger partial charge in [0.15, 0.2) is 0 Å². The summed E-state index contributed by atoms with van der Waals surface area (Å²) in [7, 11) is -2.46. The molecule has 0 aliphatic heterocycles. The van der Waals surface area contributed by atoms with E-state index >= 15 is 0 Å². The molecule has 0 saturated heterocycles. The Balaban J connectivity index is 0.00000169. The van der Waals surface area contributed by atoms with Gasteiger partial charge >= 0.3 is 29.6 Å². The fraction of sp³-hybridized carbons (Fsp3) is 0.125. The Kier molecular flexibility index (Phi) is 6.03. The van der Waals surface area contributed by atoms with E-state index in [9.17, 15) is 18.3 Å². The van der Waals surface area contributed by atoms with Gasteiger partial charge in [0.1, 0.15) is 10.7 Å². The van der Waals surface area contributed by atoms with Gasteiger partial charge < -0.3 is 9.90 Å². The molecule has 14 heavy (non-hydrogen) atoms. The van der Waals surface area contributed by atoms with Crippen LogP contribution in [0.1, 0.15) is 15.9 Å². The molecule has 6 heteroatoms. The van der Waals surface area contributed by atoms with Crippen molar-refractivity contribution < 1.29 is 47.9 Å². The van der Waals surface area contributed by atoms with Gasteiger partial charge in [-0.3, -0.25) is 0 Å². The van der Waals surface area contributed by atoms with Crippen molar-refractivity contribution in [1.82, 2.24) is 0 Å². The zero-order chi connectivity index (χ0) is 9.84. The van der Waals surface area contributed by atoms with Crippen LogP contribution in [0.2, 0.25) is 0 Å². The molecule has 0 aromatic heterocycles. The molecule has 0 heterocycles. The van der Waals surface area contributed by atoms with E-state index in [0.29, 0.717) is 5.56 Å². The third-order valence-electron chi connectivity index (χ3n) is 1.50. The number of carboxylic acids is 1. The van der Waals surface area contributed by atoms with Crippen molar-refractivity contribution >= 4 is 16.7 Å². The topological polar surface area (TPSA) is 74.3 Å². The van der Waals surface area contributed by atoms with Crippen LogP contribution >= 0.6 is 0 Å². The van der Waals surface area contributed by atoms with Crippen molar-refractivity contribution in [2.24, 2.45) is 0 Å². The Hall–Kier alpha value is -0.360. The first kappa shape index (κ1) is 13.6. The molecule has 0 spiro atoms. The van der Waals surface area contributed by atoms with E-state index in [4.69, 9.17) is 0 Å². The second-order valence-electron chi connectivity index (χ2n) is 2.48. The predicted molar refractivity (Wildman–Crippen MR) is 44.8 cm³/mol. The number of carbonyl (C=O) groups excluding carboxylic acids is 1. The van der Waals surface area contributed by atoms with Gasteiger partial charge in [-0.25, -0.2) is 8.42 Å². The van der Waals surface area contributed by atoms with Gasteiger partial charge in [-0.2, -0.15) is 0 Å². The summed E-state index contributed by atoms with van der Waals surface area (Å²) in [5.41, 5.74) is 0.617. The number of carboxylic acid groups (broad SMARTS) is 1. The number of rotatable bonds is 3. The SMILES string of the molecule is O=C([O-])c1ccc(C[SH](=O)=O)cc1.[Na+]. The molecule has 0 aliphatic carbocycles. The molecule has 1 aromatic rings. The quantitative estimate of drug-likeness (QED) is 0.420. The van der Waals surface area contributed by atoms with Gasteiger partial charge in [-0.15, -0.1) is 0 Å². The summed E-state index contributed by atoms with van der Waals surface area (Å²) in [4.78, 5) is 10.3. The molecular weight excluding hydrogens is 215 g/mol. The first-order valence-corrected chi connectivity index (χ1v) is 4.88.